The average molecular weight is 856 g/mol. The van der Waals surface area contributed by atoms with Crippen molar-refractivity contribution in [1.82, 2.24) is 19.9 Å². The van der Waals surface area contributed by atoms with Crippen molar-refractivity contribution in [3.63, 3.8) is 0 Å². The summed E-state index contributed by atoms with van der Waals surface area (Å²) in [6.07, 6.45) is 1.80. The van der Waals surface area contributed by atoms with Crippen LogP contribution in [0.3, 0.4) is 0 Å². The number of hydrogen-bond donors (Lipinski definition) is 1. The van der Waals surface area contributed by atoms with Crippen LogP contribution in [0.5, 0.6) is 5.75 Å². The minimum Gasteiger partial charge on any atom is -0.507 e. The molecule has 0 aliphatic carbocycles. The molecule has 256 valence electrons. The monoisotopic (exact) mass is 855 g/mol. The standard InChI is InChI=1S/C45H34N5O.Pt/c1-29-24-30(2)42(31(3)25-29)45-48-43(47-44(49-45)38-19-9-10-21-40(38)51)35-26-34(32-14-5-4-6-15-32)27-36(28-35)50(41-22-11-12-23-46-41)39-20-13-17-33-16-7-8-18-37(33)39;/h4-27,51H,1-3H3;/q-1;. The smallest absolute Gasteiger partial charge is 0.158 e. The Hall–Kier alpha value is -5.97. The number of pyridine rings is 1. The van der Waals surface area contributed by atoms with E-state index in [2.05, 4.69) is 111 Å². The molecule has 0 aliphatic rings. The van der Waals surface area contributed by atoms with Gasteiger partial charge in [-0.2, -0.15) is 0 Å². The minimum absolute atomic E-state index is 0. The Balaban J connectivity index is 0.00000420. The first-order valence-corrected chi connectivity index (χ1v) is 16.9. The molecule has 2 heterocycles. The molecule has 6 nitrogen and oxygen atoms in total. The molecule has 0 unspecified atom stereocenters. The van der Waals surface area contributed by atoms with Crippen LogP contribution < -0.4 is 4.90 Å². The number of rotatable bonds is 7. The molecule has 0 bridgehead atoms. The van der Waals surface area contributed by atoms with Crippen LogP contribution in [0.1, 0.15) is 16.7 Å². The summed E-state index contributed by atoms with van der Waals surface area (Å²) in [6, 6.07) is 50.2. The number of fused-ring (bicyclic) bond motifs is 1. The van der Waals surface area contributed by atoms with Crippen molar-refractivity contribution in [2.45, 2.75) is 20.8 Å². The summed E-state index contributed by atoms with van der Waals surface area (Å²) < 4.78 is 0. The van der Waals surface area contributed by atoms with Gasteiger partial charge in [0.05, 0.1) is 17.1 Å². The average Bonchev–Trinajstić information content (AvgIpc) is 3.15. The van der Waals surface area contributed by atoms with Crippen LogP contribution in [-0.2, 0) is 21.1 Å². The van der Waals surface area contributed by atoms with Crippen LogP contribution in [0.25, 0.3) is 56.1 Å². The molecule has 0 saturated heterocycles. The predicted molar refractivity (Wildman–Crippen MR) is 206 cm³/mol. The SMILES string of the molecule is Cc1cc(C)c(-c2nc(-c3[c-]c(N(c4ccccn4)c4cccc5ccccc45)cc(-c4ccccc4)c3)nc(-c3ccccc3O)n2)c(C)c1.[Pt]. The Morgan fingerprint density at radius 3 is 2.04 bits per heavy atom. The molecule has 52 heavy (non-hydrogen) atoms. The Kier molecular flexibility index (Phi) is 9.75. The number of hydrogen-bond acceptors (Lipinski definition) is 6. The number of nitrogens with zero attached hydrogens (tertiary/aromatic N) is 5. The molecule has 0 radical (unpaired) electrons. The van der Waals surface area contributed by atoms with Crippen LogP contribution in [-0.4, -0.2) is 25.0 Å². The maximum Gasteiger partial charge on any atom is 0.158 e. The summed E-state index contributed by atoms with van der Waals surface area (Å²) >= 11 is 0. The fourth-order valence-electron chi connectivity index (χ4n) is 6.78. The third kappa shape index (κ3) is 6.73. The summed E-state index contributed by atoms with van der Waals surface area (Å²) in [4.78, 5) is 22.1. The van der Waals surface area contributed by atoms with Gasteiger partial charge in [0.15, 0.2) is 11.6 Å². The summed E-state index contributed by atoms with van der Waals surface area (Å²) in [5, 5.41) is 13.2. The number of aromatic hydroxyl groups is 1. The first-order valence-electron chi connectivity index (χ1n) is 16.9. The van der Waals surface area contributed by atoms with E-state index in [9.17, 15) is 5.11 Å². The Morgan fingerprint density at radius 2 is 1.27 bits per heavy atom. The van der Waals surface area contributed by atoms with Gasteiger partial charge in [-0.1, -0.05) is 108 Å². The molecule has 0 saturated carbocycles. The maximum atomic E-state index is 11.0. The largest absolute Gasteiger partial charge is 0.507 e. The molecule has 8 rings (SSSR count). The Labute approximate surface area is 317 Å². The number of phenols is 1. The molecule has 0 fully saturated rings. The molecule has 0 amide bonds. The van der Waals surface area contributed by atoms with Crippen LogP contribution in [0, 0.1) is 26.8 Å². The van der Waals surface area contributed by atoms with Gasteiger partial charge in [-0.3, -0.25) is 9.97 Å². The molecule has 1 N–H and O–H groups in total. The topological polar surface area (TPSA) is 75.0 Å². The summed E-state index contributed by atoms with van der Waals surface area (Å²) in [5.41, 5.74) is 9.17. The van der Waals surface area contributed by atoms with Crippen LogP contribution >= 0.6 is 0 Å². The molecule has 0 atom stereocenters. The number of benzene rings is 6. The normalized spacial score (nSPS) is 10.9. The molecule has 2 aromatic heterocycles. The van der Waals surface area contributed by atoms with Crippen molar-refractivity contribution in [1.29, 1.82) is 0 Å². The molecule has 7 heteroatoms. The van der Waals surface area contributed by atoms with Gasteiger partial charge in [-0.15, -0.1) is 23.8 Å². The van der Waals surface area contributed by atoms with Gasteiger partial charge >= 0.3 is 0 Å². The first kappa shape index (κ1) is 34.5. The minimum atomic E-state index is 0. The zero-order chi connectivity index (χ0) is 34.9. The van der Waals surface area contributed by atoms with Crippen molar-refractivity contribution < 1.29 is 26.2 Å². The zero-order valence-corrected chi connectivity index (χ0v) is 31.1. The fraction of sp³-hybridized carbons (Fsp3) is 0.0667. The summed E-state index contributed by atoms with van der Waals surface area (Å²) in [5.74, 6) is 2.19. The van der Waals surface area contributed by atoms with E-state index >= 15 is 0 Å². The van der Waals surface area contributed by atoms with Crippen molar-refractivity contribution >= 4 is 28.0 Å². The van der Waals surface area contributed by atoms with E-state index in [1.165, 1.54) is 5.56 Å². The van der Waals surface area contributed by atoms with E-state index in [4.69, 9.17) is 19.9 Å². The summed E-state index contributed by atoms with van der Waals surface area (Å²) in [7, 11) is 0. The second-order valence-corrected chi connectivity index (χ2v) is 12.7. The Morgan fingerprint density at radius 1 is 0.596 bits per heavy atom. The number of phenolic OH excluding ortho intramolecular Hbond substituents is 1. The third-order valence-electron chi connectivity index (χ3n) is 9.01. The van der Waals surface area contributed by atoms with Gasteiger partial charge in [-0.25, -0.2) is 9.97 Å². The van der Waals surface area contributed by atoms with E-state index < -0.39 is 0 Å². The molecule has 8 aromatic rings. The van der Waals surface area contributed by atoms with Gasteiger partial charge in [0.2, 0.25) is 0 Å². The second kappa shape index (κ2) is 14.7. The van der Waals surface area contributed by atoms with E-state index in [1.54, 1.807) is 18.3 Å². The predicted octanol–water partition coefficient (Wildman–Crippen LogP) is 11.0. The van der Waals surface area contributed by atoms with E-state index in [0.29, 0.717) is 28.6 Å². The number of para-hydroxylation sites is 1. The van der Waals surface area contributed by atoms with Crippen molar-refractivity contribution in [2.75, 3.05) is 4.90 Å². The van der Waals surface area contributed by atoms with E-state index in [1.807, 2.05) is 48.5 Å². The van der Waals surface area contributed by atoms with Crippen molar-refractivity contribution in [3.05, 3.63) is 168 Å². The third-order valence-corrected chi connectivity index (χ3v) is 9.01. The molecule has 0 aliphatic heterocycles. The number of aryl methyl sites for hydroxylation is 3. The van der Waals surface area contributed by atoms with Crippen LogP contribution in [0.15, 0.2) is 146 Å². The molecular formula is C45H34N5OPt-. The first-order chi connectivity index (χ1) is 24.9. The van der Waals surface area contributed by atoms with E-state index in [-0.39, 0.29) is 26.8 Å². The fourth-order valence-corrected chi connectivity index (χ4v) is 6.78. The van der Waals surface area contributed by atoms with Gasteiger partial charge in [-0.05, 0) is 78.9 Å². The van der Waals surface area contributed by atoms with Crippen molar-refractivity contribution in [3.8, 4) is 51.0 Å². The van der Waals surface area contributed by atoms with Gasteiger partial charge < -0.3 is 10.0 Å². The van der Waals surface area contributed by atoms with Gasteiger partial charge in [0.1, 0.15) is 11.6 Å². The molecular weight excluding hydrogens is 822 g/mol. The van der Waals surface area contributed by atoms with Gasteiger partial charge in [0, 0.05) is 38.2 Å². The van der Waals surface area contributed by atoms with E-state index in [0.717, 1.165) is 55.8 Å². The quantitative estimate of drug-likeness (QED) is 0.161. The number of aromatic nitrogens is 4. The second-order valence-electron chi connectivity index (χ2n) is 12.7. The maximum absolute atomic E-state index is 11.0. The summed E-state index contributed by atoms with van der Waals surface area (Å²) in [6.45, 7) is 6.24. The van der Waals surface area contributed by atoms with Crippen molar-refractivity contribution in [2.24, 2.45) is 0 Å². The molecule has 0 spiro atoms. The molecule has 6 aromatic carbocycles. The van der Waals surface area contributed by atoms with Crippen LogP contribution in [0.2, 0.25) is 0 Å². The number of anilines is 3. The van der Waals surface area contributed by atoms with Gasteiger partial charge in [0.25, 0.3) is 0 Å². The van der Waals surface area contributed by atoms with Crippen LogP contribution in [0.4, 0.5) is 17.2 Å². The Bertz CT molecular complexity index is 2510. The zero-order valence-electron chi connectivity index (χ0n) is 28.9.